The first-order valence-corrected chi connectivity index (χ1v) is 9.93. The van der Waals surface area contributed by atoms with Crippen LogP contribution in [0.3, 0.4) is 0 Å². The van der Waals surface area contributed by atoms with E-state index in [1.54, 1.807) is 37.3 Å². The SMILES string of the molecule is COc1ccc(CCN2C(=O)CSC2=Nc2cc(Cl)cc(Cl)c2)cc1OC. The van der Waals surface area contributed by atoms with Crippen LogP contribution in [0.4, 0.5) is 5.69 Å². The number of amidine groups is 1. The Hall–Kier alpha value is -1.89. The minimum Gasteiger partial charge on any atom is -0.493 e. The Kier molecular flexibility index (Phi) is 6.52. The zero-order chi connectivity index (χ0) is 19.4. The van der Waals surface area contributed by atoms with Gasteiger partial charge in [0.2, 0.25) is 5.91 Å². The van der Waals surface area contributed by atoms with Crippen LogP contribution in [0.2, 0.25) is 10.0 Å². The van der Waals surface area contributed by atoms with Gasteiger partial charge < -0.3 is 9.47 Å². The van der Waals surface area contributed by atoms with E-state index in [4.69, 9.17) is 32.7 Å². The third-order valence-electron chi connectivity index (χ3n) is 4.00. The molecule has 0 aliphatic carbocycles. The summed E-state index contributed by atoms with van der Waals surface area (Å²) in [5.41, 5.74) is 1.67. The van der Waals surface area contributed by atoms with Crippen molar-refractivity contribution in [2.75, 3.05) is 26.5 Å². The van der Waals surface area contributed by atoms with Gasteiger partial charge in [0, 0.05) is 16.6 Å². The Morgan fingerprint density at radius 2 is 1.78 bits per heavy atom. The van der Waals surface area contributed by atoms with Crippen molar-refractivity contribution in [3.8, 4) is 11.5 Å². The number of carbonyl (C=O) groups excluding carboxylic acids is 1. The first-order chi connectivity index (χ1) is 13.0. The number of ether oxygens (including phenoxy) is 2. The quantitative estimate of drug-likeness (QED) is 0.666. The summed E-state index contributed by atoms with van der Waals surface area (Å²) in [5, 5.41) is 1.67. The summed E-state index contributed by atoms with van der Waals surface area (Å²) in [6, 6.07) is 10.8. The highest BCUT2D eigenvalue weighted by molar-refractivity contribution is 8.15. The molecule has 1 amide bonds. The summed E-state index contributed by atoms with van der Waals surface area (Å²) in [6.07, 6.45) is 0.669. The molecule has 2 aromatic carbocycles. The van der Waals surface area contributed by atoms with Crippen molar-refractivity contribution in [1.29, 1.82) is 0 Å². The highest BCUT2D eigenvalue weighted by Gasteiger charge is 2.28. The summed E-state index contributed by atoms with van der Waals surface area (Å²) in [7, 11) is 3.20. The largest absolute Gasteiger partial charge is 0.493 e. The number of aliphatic imine (C=N–C) groups is 1. The molecule has 0 atom stereocenters. The molecule has 5 nitrogen and oxygen atoms in total. The van der Waals surface area contributed by atoms with Crippen molar-refractivity contribution in [3.63, 3.8) is 0 Å². The Morgan fingerprint density at radius 3 is 2.44 bits per heavy atom. The predicted molar refractivity (Wildman–Crippen MR) is 111 cm³/mol. The second kappa shape index (κ2) is 8.87. The molecule has 1 saturated heterocycles. The highest BCUT2D eigenvalue weighted by Crippen LogP contribution is 2.30. The summed E-state index contributed by atoms with van der Waals surface area (Å²) in [5.74, 6) is 1.75. The highest BCUT2D eigenvalue weighted by atomic mass is 35.5. The summed E-state index contributed by atoms with van der Waals surface area (Å²) in [4.78, 5) is 18.5. The fourth-order valence-corrected chi connectivity index (χ4v) is 4.13. The predicted octanol–water partition coefficient (Wildman–Crippen LogP) is 4.82. The molecule has 0 radical (unpaired) electrons. The molecule has 0 saturated carbocycles. The van der Waals surface area contributed by atoms with Crippen LogP contribution in [-0.2, 0) is 11.2 Å². The van der Waals surface area contributed by atoms with E-state index in [0.717, 1.165) is 5.56 Å². The minimum atomic E-state index is 0.0346. The maximum atomic E-state index is 12.3. The second-order valence-corrected chi connectivity index (χ2v) is 7.61. The van der Waals surface area contributed by atoms with Gasteiger partial charge in [0.15, 0.2) is 16.7 Å². The Morgan fingerprint density at radius 1 is 1.07 bits per heavy atom. The first kappa shape index (κ1) is 19.9. The fraction of sp³-hybridized carbons (Fsp3) is 0.263. The maximum absolute atomic E-state index is 12.3. The van der Waals surface area contributed by atoms with Crippen LogP contribution < -0.4 is 9.47 Å². The van der Waals surface area contributed by atoms with Crippen LogP contribution in [-0.4, -0.2) is 42.5 Å². The number of amides is 1. The minimum absolute atomic E-state index is 0.0346. The molecule has 0 bridgehead atoms. The molecule has 1 aliphatic rings. The standard InChI is InChI=1S/C19H18Cl2N2O3S/c1-25-16-4-3-12(7-17(16)26-2)5-6-23-18(24)11-27-19(23)22-15-9-13(20)8-14(21)10-15/h3-4,7-10H,5-6,11H2,1-2H3. The van der Waals surface area contributed by atoms with Crippen LogP contribution in [0.25, 0.3) is 0 Å². The van der Waals surface area contributed by atoms with E-state index in [0.29, 0.717) is 51.1 Å². The van der Waals surface area contributed by atoms with Crippen LogP contribution in [0, 0.1) is 0 Å². The van der Waals surface area contributed by atoms with Crippen molar-refractivity contribution in [2.45, 2.75) is 6.42 Å². The molecule has 1 heterocycles. The number of benzene rings is 2. The molecule has 27 heavy (non-hydrogen) atoms. The molecule has 0 aromatic heterocycles. The molecule has 0 spiro atoms. The summed E-state index contributed by atoms with van der Waals surface area (Å²) >= 11 is 13.5. The van der Waals surface area contributed by atoms with Crippen LogP contribution in [0.15, 0.2) is 41.4 Å². The van der Waals surface area contributed by atoms with E-state index < -0.39 is 0 Å². The second-order valence-electron chi connectivity index (χ2n) is 5.80. The van der Waals surface area contributed by atoms with Gasteiger partial charge in [-0.2, -0.15) is 0 Å². The van der Waals surface area contributed by atoms with Crippen molar-refractivity contribution < 1.29 is 14.3 Å². The number of halogens is 2. The van der Waals surface area contributed by atoms with E-state index in [2.05, 4.69) is 4.99 Å². The van der Waals surface area contributed by atoms with Gasteiger partial charge in [-0.25, -0.2) is 4.99 Å². The van der Waals surface area contributed by atoms with Crippen molar-refractivity contribution in [3.05, 3.63) is 52.0 Å². The molecule has 3 rings (SSSR count). The van der Waals surface area contributed by atoms with E-state index >= 15 is 0 Å². The monoisotopic (exact) mass is 424 g/mol. The number of nitrogens with zero attached hydrogens (tertiary/aromatic N) is 2. The van der Waals surface area contributed by atoms with Gasteiger partial charge >= 0.3 is 0 Å². The average Bonchev–Trinajstić information content (AvgIpc) is 2.98. The van der Waals surface area contributed by atoms with E-state index in [9.17, 15) is 4.79 Å². The zero-order valence-electron chi connectivity index (χ0n) is 14.9. The van der Waals surface area contributed by atoms with E-state index in [1.165, 1.54) is 11.8 Å². The number of carbonyl (C=O) groups is 1. The normalized spacial score (nSPS) is 15.5. The van der Waals surface area contributed by atoms with Gasteiger partial charge in [0.1, 0.15) is 0 Å². The molecular weight excluding hydrogens is 407 g/mol. The smallest absolute Gasteiger partial charge is 0.239 e. The Bertz CT molecular complexity index is 869. The molecule has 1 aliphatic heterocycles. The number of hydrogen-bond donors (Lipinski definition) is 0. The summed E-state index contributed by atoms with van der Waals surface area (Å²) in [6.45, 7) is 0.522. The van der Waals surface area contributed by atoms with Crippen LogP contribution in [0.1, 0.15) is 5.56 Å². The first-order valence-electron chi connectivity index (χ1n) is 8.19. The lowest BCUT2D eigenvalue weighted by atomic mass is 10.1. The third kappa shape index (κ3) is 4.89. The topological polar surface area (TPSA) is 51.1 Å². The zero-order valence-corrected chi connectivity index (χ0v) is 17.2. The summed E-state index contributed by atoms with van der Waals surface area (Å²) < 4.78 is 10.6. The lowest BCUT2D eigenvalue weighted by Crippen LogP contribution is -2.31. The van der Waals surface area contributed by atoms with Crippen LogP contribution in [0.5, 0.6) is 11.5 Å². The molecular formula is C19H18Cl2N2O3S. The molecule has 2 aromatic rings. The van der Waals surface area contributed by atoms with Gasteiger partial charge in [-0.05, 0) is 42.3 Å². The molecule has 142 valence electrons. The fourth-order valence-electron chi connectivity index (χ4n) is 2.69. The Labute approximate surface area is 172 Å². The average molecular weight is 425 g/mol. The third-order valence-corrected chi connectivity index (χ3v) is 5.40. The van der Waals surface area contributed by atoms with Gasteiger partial charge in [-0.15, -0.1) is 0 Å². The van der Waals surface area contributed by atoms with Gasteiger partial charge in [-0.1, -0.05) is 41.0 Å². The van der Waals surface area contributed by atoms with Crippen LogP contribution >= 0.6 is 35.0 Å². The number of rotatable bonds is 6. The number of thioether (sulfide) groups is 1. The van der Waals surface area contributed by atoms with Gasteiger partial charge in [0.05, 0.1) is 25.7 Å². The molecule has 0 unspecified atom stereocenters. The number of methoxy groups -OCH3 is 2. The Balaban J connectivity index is 1.76. The van der Waals surface area contributed by atoms with E-state index in [-0.39, 0.29) is 5.91 Å². The lowest BCUT2D eigenvalue weighted by Gasteiger charge is -2.17. The van der Waals surface area contributed by atoms with Crippen molar-refractivity contribution in [2.24, 2.45) is 4.99 Å². The lowest BCUT2D eigenvalue weighted by molar-refractivity contribution is -0.124. The number of hydrogen-bond acceptors (Lipinski definition) is 5. The maximum Gasteiger partial charge on any atom is 0.239 e. The molecule has 8 heteroatoms. The van der Waals surface area contributed by atoms with Crippen molar-refractivity contribution in [1.82, 2.24) is 4.90 Å². The molecule has 1 fully saturated rings. The van der Waals surface area contributed by atoms with Gasteiger partial charge in [0.25, 0.3) is 0 Å². The van der Waals surface area contributed by atoms with E-state index in [1.807, 2.05) is 18.2 Å². The molecule has 0 N–H and O–H groups in total. The van der Waals surface area contributed by atoms with Gasteiger partial charge in [-0.3, -0.25) is 9.69 Å². The van der Waals surface area contributed by atoms with Crippen molar-refractivity contribution >= 4 is 51.7 Å².